The summed E-state index contributed by atoms with van der Waals surface area (Å²) in [4.78, 5) is 15.2. The Morgan fingerprint density at radius 2 is 1.91 bits per heavy atom. The molecule has 11 heavy (non-hydrogen) atoms. The topological polar surface area (TPSA) is 29.4 Å². The number of allylic oxidation sites excluding steroid dienone is 1. The standard InChI is InChI=1S/C9H15NO/c1-6-7(2)10-9(4,5)8(3)11/h6H,1H2,2-5H3. The van der Waals surface area contributed by atoms with Crippen molar-refractivity contribution in [2.24, 2.45) is 4.99 Å². The summed E-state index contributed by atoms with van der Waals surface area (Å²) >= 11 is 0. The quantitative estimate of drug-likeness (QED) is 0.570. The molecular formula is C9H15NO. The van der Waals surface area contributed by atoms with Crippen LogP contribution in [0.1, 0.15) is 27.7 Å². The highest BCUT2D eigenvalue weighted by molar-refractivity contribution is 5.96. The minimum atomic E-state index is -0.599. The number of aliphatic imine (C=N–C) groups is 1. The molecule has 2 heteroatoms. The van der Waals surface area contributed by atoms with Crippen LogP contribution in [-0.2, 0) is 4.79 Å². The average molecular weight is 153 g/mol. The second-order valence-corrected chi connectivity index (χ2v) is 3.07. The predicted octanol–water partition coefficient (Wildman–Crippen LogP) is 2.00. The summed E-state index contributed by atoms with van der Waals surface area (Å²) in [5, 5.41) is 0. The molecule has 2 nitrogen and oxygen atoms in total. The predicted molar refractivity (Wildman–Crippen MR) is 48.1 cm³/mol. The highest BCUT2D eigenvalue weighted by atomic mass is 16.1. The third kappa shape index (κ3) is 3.12. The van der Waals surface area contributed by atoms with E-state index in [1.165, 1.54) is 0 Å². The lowest BCUT2D eigenvalue weighted by molar-refractivity contribution is -0.120. The van der Waals surface area contributed by atoms with E-state index in [-0.39, 0.29) is 5.78 Å². The number of hydrogen-bond acceptors (Lipinski definition) is 2. The van der Waals surface area contributed by atoms with Gasteiger partial charge in [0.1, 0.15) is 5.54 Å². The van der Waals surface area contributed by atoms with Crippen LogP contribution in [-0.4, -0.2) is 17.0 Å². The van der Waals surface area contributed by atoms with Gasteiger partial charge in [0.25, 0.3) is 0 Å². The van der Waals surface area contributed by atoms with Crippen LogP contribution in [0.15, 0.2) is 17.6 Å². The lowest BCUT2D eigenvalue weighted by Crippen LogP contribution is -2.27. The van der Waals surface area contributed by atoms with Crippen molar-refractivity contribution in [3.05, 3.63) is 12.7 Å². The van der Waals surface area contributed by atoms with E-state index in [9.17, 15) is 4.79 Å². The number of carbonyl (C=O) groups is 1. The number of hydrogen-bond donors (Lipinski definition) is 0. The fourth-order valence-corrected chi connectivity index (χ4v) is 0.565. The maximum atomic E-state index is 11.0. The van der Waals surface area contributed by atoms with Gasteiger partial charge in [0.15, 0.2) is 5.78 Å². The molecule has 0 atom stereocenters. The highest BCUT2D eigenvalue weighted by Gasteiger charge is 2.21. The summed E-state index contributed by atoms with van der Waals surface area (Å²) in [6.07, 6.45) is 1.64. The Morgan fingerprint density at radius 3 is 2.18 bits per heavy atom. The fourth-order valence-electron chi connectivity index (χ4n) is 0.565. The normalized spacial score (nSPS) is 12.9. The van der Waals surface area contributed by atoms with Gasteiger partial charge in [0.2, 0.25) is 0 Å². The maximum Gasteiger partial charge on any atom is 0.156 e. The molecule has 62 valence electrons. The van der Waals surface area contributed by atoms with Gasteiger partial charge < -0.3 is 0 Å². The van der Waals surface area contributed by atoms with Crippen molar-refractivity contribution in [2.45, 2.75) is 33.2 Å². The molecule has 0 N–H and O–H groups in total. The Balaban J connectivity index is 4.58. The molecule has 0 spiro atoms. The molecule has 0 amide bonds. The van der Waals surface area contributed by atoms with Crippen LogP contribution in [0.25, 0.3) is 0 Å². The molecule has 0 aliphatic rings. The SMILES string of the molecule is C=CC(C)=NC(C)(C)C(C)=O. The molecule has 0 aliphatic heterocycles. The summed E-state index contributed by atoms with van der Waals surface area (Å²) in [7, 11) is 0. The summed E-state index contributed by atoms with van der Waals surface area (Å²) in [5.41, 5.74) is 0.198. The van der Waals surface area contributed by atoms with E-state index < -0.39 is 5.54 Å². The molecule has 0 radical (unpaired) electrons. The minimum absolute atomic E-state index is 0.0682. The molecule has 0 saturated carbocycles. The van der Waals surface area contributed by atoms with E-state index in [2.05, 4.69) is 11.6 Å². The van der Waals surface area contributed by atoms with Gasteiger partial charge in [0.05, 0.1) is 0 Å². The van der Waals surface area contributed by atoms with Gasteiger partial charge in [0, 0.05) is 5.71 Å². The first-order chi connectivity index (χ1) is 4.90. The zero-order valence-electron chi connectivity index (χ0n) is 7.64. The second-order valence-electron chi connectivity index (χ2n) is 3.07. The molecule has 0 aliphatic carbocycles. The molecule has 0 aromatic rings. The smallest absolute Gasteiger partial charge is 0.156 e. The van der Waals surface area contributed by atoms with E-state index in [0.29, 0.717) is 0 Å². The summed E-state index contributed by atoms with van der Waals surface area (Å²) in [6, 6.07) is 0. The Labute approximate surface area is 68.0 Å². The summed E-state index contributed by atoms with van der Waals surface area (Å²) < 4.78 is 0. The van der Waals surface area contributed by atoms with Gasteiger partial charge >= 0.3 is 0 Å². The van der Waals surface area contributed by atoms with Crippen LogP contribution in [0.3, 0.4) is 0 Å². The average Bonchev–Trinajstić information content (AvgIpc) is 1.86. The monoisotopic (exact) mass is 153 g/mol. The number of nitrogens with zero attached hydrogens (tertiary/aromatic N) is 1. The van der Waals surface area contributed by atoms with Gasteiger partial charge in [-0.05, 0) is 33.8 Å². The molecule has 0 unspecified atom stereocenters. The van der Waals surface area contributed by atoms with Crippen molar-refractivity contribution in [2.75, 3.05) is 0 Å². The Kier molecular flexibility index (Phi) is 3.18. The Bertz CT molecular complexity index is 202. The molecule has 0 saturated heterocycles. The third-order valence-electron chi connectivity index (χ3n) is 1.61. The largest absolute Gasteiger partial charge is 0.297 e. The van der Waals surface area contributed by atoms with Crippen molar-refractivity contribution in [1.29, 1.82) is 0 Å². The maximum absolute atomic E-state index is 11.0. The first-order valence-electron chi connectivity index (χ1n) is 3.60. The van der Waals surface area contributed by atoms with E-state index in [0.717, 1.165) is 5.71 Å². The van der Waals surface area contributed by atoms with Crippen molar-refractivity contribution in [3.8, 4) is 0 Å². The molecule has 0 bridgehead atoms. The first kappa shape index (κ1) is 10.1. The first-order valence-corrected chi connectivity index (χ1v) is 3.60. The molecule has 0 heterocycles. The highest BCUT2D eigenvalue weighted by Crippen LogP contribution is 2.10. The van der Waals surface area contributed by atoms with Crippen LogP contribution in [0.4, 0.5) is 0 Å². The van der Waals surface area contributed by atoms with Crippen LogP contribution in [0, 0.1) is 0 Å². The van der Waals surface area contributed by atoms with E-state index in [1.807, 2.05) is 6.92 Å². The van der Waals surface area contributed by atoms with Gasteiger partial charge in [-0.25, -0.2) is 0 Å². The zero-order valence-corrected chi connectivity index (χ0v) is 7.64. The van der Waals surface area contributed by atoms with E-state index in [1.54, 1.807) is 26.8 Å². The molecule has 0 fully saturated rings. The van der Waals surface area contributed by atoms with Crippen LogP contribution >= 0.6 is 0 Å². The van der Waals surface area contributed by atoms with Gasteiger partial charge in [-0.1, -0.05) is 6.58 Å². The van der Waals surface area contributed by atoms with Crippen LogP contribution in [0.2, 0.25) is 0 Å². The fraction of sp³-hybridized carbons (Fsp3) is 0.556. The molecular weight excluding hydrogens is 138 g/mol. The Hall–Kier alpha value is -0.920. The Morgan fingerprint density at radius 1 is 1.45 bits per heavy atom. The van der Waals surface area contributed by atoms with E-state index in [4.69, 9.17) is 0 Å². The summed E-state index contributed by atoms with van der Waals surface area (Å²) in [6.45, 7) is 10.5. The summed E-state index contributed by atoms with van der Waals surface area (Å²) in [5.74, 6) is 0.0682. The second kappa shape index (κ2) is 3.46. The number of carbonyl (C=O) groups excluding carboxylic acids is 1. The lowest BCUT2D eigenvalue weighted by atomic mass is 10.0. The number of Topliss-reactive ketones (excluding diaryl/α,β-unsaturated/α-hetero) is 1. The molecule has 0 rings (SSSR count). The minimum Gasteiger partial charge on any atom is -0.297 e. The number of ketones is 1. The lowest BCUT2D eigenvalue weighted by Gasteiger charge is -2.15. The van der Waals surface area contributed by atoms with Gasteiger partial charge in [-0.15, -0.1) is 0 Å². The molecule has 0 aromatic carbocycles. The van der Waals surface area contributed by atoms with Crippen molar-refractivity contribution in [3.63, 3.8) is 0 Å². The van der Waals surface area contributed by atoms with Crippen molar-refractivity contribution in [1.82, 2.24) is 0 Å². The van der Waals surface area contributed by atoms with Crippen molar-refractivity contribution >= 4 is 11.5 Å². The number of rotatable bonds is 3. The van der Waals surface area contributed by atoms with Crippen molar-refractivity contribution < 1.29 is 4.79 Å². The third-order valence-corrected chi connectivity index (χ3v) is 1.61. The van der Waals surface area contributed by atoms with Crippen LogP contribution in [0.5, 0.6) is 0 Å². The van der Waals surface area contributed by atoms with Crippen LogP contribution < -0.4 is 0 Å². The van der Waals surface area contributed by atoms with Gasteiger partial charge in [-0.3, -0.25) is 9.79 Å². The van der Waals surface area contributed by atoms with E-state index >= 15 is 0 Å². The van der Waals surface area contributed by atoms with Gasteiger partial charge in [-0.2, -0.15) is 0 Å². The zero-order chi connectivity index (χ0) is 9.07. The molecule has 0 aromatic heterocycles.